The van der Waals surface area contributed by atoms with Crippen LogP contribution in [-0.4, -0.2) is 12.6 Å². The lowest BCUT2D eigenvalue weighted by Gasteiger charge is -1.97. The van der Waals surface area contributed by atoms with E-state index in [1.165, 1.54) is 11.3 Å². The second-order valence-corrected chi connectivity index (χ2v) is 3.59. The molecule has 0 atom stereocenters. The molecule has 1 aromatic heterocycles. The van der Waals surface area contributed by atoms with Crippen molar-refractivity contribution in [1.29, 1.82) is 0 Å². The monoisotopic (exact) mass is 234 g/mol. The van der Waals surface area contributed by atoms with E-state index >= 15 is 0 Å². The first kappa shape index (κ1) is 8.74. The van der Waals surface area contributed by atoms with Gasteiger partial charge in [-0.25, -0.2) is 4.79 Å². The van der Waals surface area contributed by atoms with Crippen molar-refractivity contribution in [2.75, 3.05) is 6.61 Å². The number of rotatable bonds is 2. The summed E-state index contributed by atoms with van der Waals surface area (Å²) in [6.07, 6.45) is 0. The van der Waals surface area contributed by atoms with Gasteiger partial charge in [0.05, 0.1) is 6.61 Å². The second kappa shape index (κ2) is 3.88. The van der Waals surface area contributed by atoms with Gasteiger partial charge in [-0.2, -0.15) is 0 Å². The topological polar surface area (TPSA) is 26.3 Å². The molecule has 0 spiro atoms. The maximum atomic E-state index is 11.1. The van der Waals surface area contributed by atoms with Crippen LogP contribution in [0.5, 0.6) is 0 Å². The minimum absolute atomic E-state index is 0.255. The molecule has 0 fully saturated rings. The number of ether oxygens (including phenoxy) is 1. The minimum Gasteiger partial charge on any atom is -0.462 e. The van der Waals surface area contributed by atoms with Crippen LogP contribution in [0.4, 0.5) is 0 Å². The molecule has 0 aliphatic rings. The van der Waals surface area contributed by atoms with E-state index in [9.17, 15) is 4.79 Å². The highest BCUT2D eigenvalue weighted by molar-refractivity contribution is 9.10. The average molecular weight is 235 g/mol. The van der Waals surface area contributed by atoms with Crippen LogP contribution in [0.2, 0.25) is 0 Å². The number of carbonyl (C=O) groups excluding carboxylic acids is 1. The summed E-state index contributed by atoms with van der Waals surface area (Å²) in [5.41, 5.74) is 0. The highest BCUT2D eigenvalue weighted by Gasteiger charge is 2.11. The van der Waals surface area contributed by atoms with Crippen LogP contribution in [0, 0.1) is 0 Å². The summed E-state index contributed by atoms with van der Waals surface area (Å²) in [5, 5.41) is 1.84. The van der Waals surface area contributed by atoms with Crippen LogP contribution in [0.1, 0.15) is 16.6 Å². The largest absolute Gasteiger partial charge is 0.462 e. The molecule has 0 radical (unpaired) electrons. The zero-order valence-electron chi connectivity index (χ0n) is 5.96. The van der Waals surface area contributed by atoms with Crippen LogP contribution in [0.25, 0.3) is 0 Å². The third-order valence-corrected chi connectivity index (χ3v) is 2.90. The van der Waals surface area contributed by atoms with Crippen molar-refractivity contribution in [2.45, 2.75) is 6.92 Å². The standard InChI is InChI=1S/C7H7BrO2S/c1-2-10-7(9)6-5(8)3-4-11-6/h3-4H,2H2,1H3. The van der Waals surface area contributed by atoms with Crippen LogP contribution in [0.15, 0.2) is 15.9 Å². The van der Waals surface area contributed by atoms with Crippen molar-refractivity contribution < 1.29 is 9.53 Å². The van der Waals surface area contributed by atoms with Gasteiger partial charge >= 0.3 is 5.97 Å². The zero-order chi connectivity index (χ0) is 8.27. The van der Waals surface area contributed by atoms with Crippen LogP contribution < -0.4 is 0 Å². The van der Waals surface area contributed by atoms with Crippen LogP contribution in [-0.2, 0) is 4.74 Å². The molecule has 1 aromatic rings. The van der Waals surface area contributed by atoms with Gasteiger partial charge in [0.2, 0.25) is 0 Å². The summed E-state index contributed by atoms with van der Waals surface area (Å²) in [7, 11) is 0. The van der Waals surface area contributed by atoms with Crippen molar-refractivity contribution in [3.63, 3.8) is 0 Å². The molecule has 4 heteroatoms. The molecule has 1 heterocycles. The van der Waals surface area contributed by atoms with Gasteiger partial charge in [0.1, 0.15) is 4.88 Å². The number of carbonyl (C=O) groups is 1. The van der Waals surface area contributed by atoms with E-state index < -0.39 is 0 Å². The Hall–Kier alpha value is -0.350. The SMILES string of the molecule is CCOC(=O)c1sccc1Br. The zero-order valence-corrected chi connectivity index (χ0v) is 8.37. The molecule has 0 unspecified atom stereocenters. The first-order valence-electron chi connectivity index (χ1n) is 3.15. The Kier molecular flexibility index (Phi) is 3.08. The van der Waals surface area contributed by atoms with E-state index in [4.69, 9.17) is 4.74 Å². The molecule has 0 saturated heterocycles. The van der Waals surface area contributed by atoms with Gasteiger partial charge in [0.15, 0.2) is 0 Å². The lowest BCUT2D eigenvalue weighted by Crippen LogP contribution is -2.02. The fourth-order valence-corrected chi connectivity index (χ4v) is 2.06. The first-order chi connectivity index (χ1) is 5.25. The normalized spacial score (nSPS) is 9.64. The summed E-state index contributed by atoms with van der Waals surface area (Å²) in [4.78, 5) is 11.7. The Morgan fingerprint density at radius 2 is 2.55 bits per heavy atom. The van der Waals surface area contributed by atoms with E-state index in [2.05, 4.69) is 15.9 Å². The lowest BCUT2D eigenvalue weighted by atomic mass is 10.5. The molecular weight excluding hydrogens is 228 g/mol. The Labute approximate surface area is 77.3 Å². The molecule has 0 amide bonds. The fraction of sp³-hybridized carbons (Fsp3) is 0.286. The smallest absolute Gasteiger partial charge is 0.349 e. The number of halogens is 1. The summed E-state index contributed by atoms with van der Waals surface area (Å²) in [6.45, 7) is 2.21. The van der Waals surface area contributed by atoms with Crippen molar-refractivity contribution >= 4 is 33.2 Å². The summed E-state index contributed by atoms with van der Waals surface area (Å²) >= 11 is 4.62. The van der Waals surface area contributed by atoms with Crippen LogP contribution >= 0.6 is 27.3 Å². The van der Waals surface area contributed by atoms with Crippen molar-refractivity contribution in [3.05, 3.63) is 20.8 Å². The van der Waals surface area contributed by atoms with Gasteiger partial charge < -0.3 is 4.74 Å². The molecule has 2 nitrogen and oxygen atoms in total. The molecule has 1 rings (SSSR count). The highest BCUT2D eigenvalue weighted by atomic mass is 79.9. The maximum absolute atomic E-state index is 11.1. The number of thiophene rings is 1. The summed E-state index contributed by atoms with van der Waals surface area (Å²) < 4.78 is 5.62. The van der Waals surface area contributed by atoms with E-state index in [0.717, 1.165) is 4.47 Å². The Morgan fingerprint density at radius 1 is 1.82 bits per heavy atom. The lowest BCUT2D eigenvalue weighted by molar-refractivity contribution is 0.0531. The molecular formula is C7H7BrO2S. The third-order valence-electron chi connectivity index (χ3n) is 1.08. The predicted molar refractivity (Wildman–Crippen MR) is 48.0 cm³/mol. The molecule has 0 aliphatic carbocycles. The van der Waals surface area contributed by atoms with Gasteiger partial charge in [0, 0.05) is 4.47 Å². The number of esters is 1. The number of hydrogen-bond donors (Lipinski definition) is 0. The van der Waals surface area contributed by atoms with Crippen molar-refractivity contribution in [1.82, 2.24) is 0 Å². The van der Waals surface area contributed by atoms with Crippen LogP contribution in [0.3, 0.4) is 0 Å². The highest BCUT2D eigenvalue weighted by Crippen LogP contribution is 2.23. The van der Waals surface area contributed by atoms with E-state index in [1.54, 1.807) is 6.92 Å². The van der Waals surface area contributed by atoms with Crippen molar-refractivity contribution in [3.8, 4) is 0 Å². The molecule has 0 aliphatic heterocycles. The average Bonchev–Trinajstić information content (AvgIpc) is 2.36. The van der Waals surface area contributed by atoms with Gasteiger partial charge in [-0.05, 0) is 34.3 Å². The fourth-order valence-electron chi connectivity index (χ4n) is 0.636. The van der Waals surface area contributed by atoms with Gasteiger partial charge in [-0.15, -0.1) is 11.3 Å². The Morgan fingerprint density at radius 3 is 3.00 bits per heavy atom. The summed E-state index contributed by atoms with van der Waals surface area (Å²) in [5.74, 6) is -0.255. The molecule has 0 bridgehead atoms. The molecule has 0 N–H and O–H groups in total. The van der Waals surface area contributed by atoms with Gasteiger partial charge in [-0.3, -0.25) is 0 Å². The van der Waals surface area contributed by atoms with E-state index in [-0.39, 0.29) is 5.97 Å². The third kappa shape index (κ3) is 2.04. The molecule has 11 heavy (non-hydrogen) atoms. The van der Waals surface area contributed by atoms with E-state index in [0.29, 0.717) is 11.5 Å². The quantitative estimate of drug-likeness (QED) is 0.736. The number of hydrogen-bond acceptors (Lipinski definition) is 3. The maximum Gasteiger partial charge on any atom is 0.349 e. The first-order valence-corrected chi connectivity index (χ1v) is 4.83. The summed E-state index contributed by atoms with van der Waals surface area (Å²) in [6, 6.07) is 1.83. The minimum atomic E-state index is -0.255. The van der Waals surface area contributed by atoms with Crippen molar-refractivity contribution in [2.24, 2.45) is 0 Å². The molecule has 60 valence electrons. The van der Waals surface area contributed by atoms with Gasteiger partial charge in [0.25, 0.3) is 0 Å². The van der Waals surface area contributed by atoms with E-state index in [1.807, 2.05) is 11.4 Å². The second-order valence-electron chi connectivity index (χ2n) is 1.82. The molecule has 0 saturated carbocycles. The Balaban J connectivity index is 2.76. The predicted octanol–water partition coefficient (Wildman–Crippen LogP) is 2.69. The van der Waals surface area contributed by atoms with Gasteiger partial charge in [-0.1, -0.05) is 0 Å². The molecule has 0 aromatic carbocycles. The Bertz CT molecular complexity index is 257.